The van der Waals surface area contributed by atoms with Crippen LogP contribution in [0.25, 0.3) is 99.9 Å². The summed E-state index contributed by atoms with van der Waals surface area (Å²) in [7, 11) is 3.67. The molecule has 0 aliphatic rings. The first-order chi connectivity index (χ1) is 27.5. The summed E-state index contributed by atoms with van der Waals surface area (Å²) in [6.07, 6.45) is 0. The van der Waals surface area contributed by atoms with Gasteiger partial charge in [-0.1, -0.05) is 158 Å². The molecule has 5 nitrogen and oxygen atoms in total. The summed E-state index contributed by atoms with van der Waals surface area (Å²) in [6.45, 7) is 0. The predicted octanol–water partition coefficient (Wildman–Crippen LogP) is 12.0. The third kappa shape index (κ3) is 5.52. The van der Waals surface area contributed by atoms with Gasteiger partial charge >= 0.3 is 5.69 Å². The van der Waals surface area contributed by atoms with Crippen LogP contribution in [-0.4, -0.2) is 19.1 Å². The predicted molar refractivity (Wildman–Crippen MR) is 231 cm³/mol. The second-order valence-corrected chi connectivity index (χ2v) is 14.3. The average molecular weight is 721 g/mol. The van der Waals surface area contributed by atoms with E-state index in [0.717, 1.165) is 88.5 Å². The van der Waals surface area contributed by atoms with Crippen molar-refractivity contribution < 1.29 is 0 Å². The third-order valence-corrected chi connectivity index (χ3v) is 11.0. The maximum Gasteiger partial charge on any atom is 0.328 e. The van der Waals surface area contributed by atoms with Gasteiger partial charge < -0.3 is 0 Å². The fourth-order valence-corrected chi connectivity index (χ4v) is 8.27. The van der Waals surface area contributed by atoms with E-state index in [1.165, 1.54) is 5.56 Å². The lowest BCUT2D eigenvalue weighted by molar-refractivity contribution is 0.795. The minimum absolute atomic E-state index is 0.0332. The summed E-state index contributed by atoms with van der Waals surface area (Å²) in [5.74, 6) is 0.680. The molecule has 0 saturated carbocycles. The van der Waals surface area contributed by atoms with E-state index in [-0.39, 0.29) is 5.69 Å². The molecule has 0 fully saturated rings. The Kier molecular flexibility index (Phi) is 8.00. The average Bonchev–Trinajstić information content (AvgIpc) is 3.48. The fraction of sp³-hybridized carbons (Fsp3) is 0.0392. The van der Waals surface area contributed by atoms with Gasteiger partial charge in [0.25, 0.3) is 0 Å². The monoisotopic (exact) mass is 720 g/mol. The number of imidazole rings is 1. The summed E-state index contributed by atoms with van der Waals surface area (Å²) < 4.78 is 3.43. The molecule has 0 atom stereocenters. The maximum absolute atomic E-state index is 12.9. The van der Waals surface area contributed by atoms with E-state index in [1.807, 2.05) is 38.4 Å². The number of hydrogen-bond acceptors (Lipinski definition) is 3. The second kappa shape index (κ2) is 13.5. The van der Waals surface area contributed by atoms with Gasteiger partial charge in [0.05, 0.1) is 22.4 Å². The highest BCUT2D eigenvalue weighted by molar-refractivity contribution is 6.21. The Morgan fingerprint density at radius 3 is 1.50 bits per heavy atom. The molecule has 2 heterocycles. The van der Waals surface area contributed by atoms with E-state index in [4.69, 9.17) is 9.97 Å². The lowest BCUT2D eigenvalue weighted by Gasteiger charge is -2.18. The van der Waals surface area contributed by atoms with Gasteiger partial charge in [-0.25, -0.2) is 14.8 Å². The molecule has 10 aromatic rings. The Bertz CT molecular complexity index is 3120. The smallest absolute Gasteiger partial charge is 0.295 e. The minimum Gasteiger partial charge on any atom is -0.295 e. The molecule has 0 unspecified atom stereocenters. The number of aryl methyl sites for hydroxylation is 2. The van der Waals surface area contributed by atoms with E-state index >= 15 is 0 Å². The summed E-state index contributed by atoms with van der Waals surface area (Å²) in [6, 6.07) is 63.7. The number of nitrogens with zero attached hydrogens (tertiary/aromatic N) is 4. The molecule has 0 aliphatic carbocycles. The molecule has 266 valence electrons. The van der Waals surface area contributed by atoms with Crippen molar-refractivity contribution >= 4 is 32.6 Å². The summed E-state index contributed by atoms with van der Waals surface area (Å²) in [5, 5.41) is 4.62. The maximum atomic E-state index is 12.9. The molecule has 2 aromatic heterocycles. The normalized spacial score (nSPS) is 11.5. The highest BCUT2D eigenvalue weighted by Gasteiger charge is 2.19. The summed E-state index contributed by atoms with van der Waals surface area (Å²) >= 11 is 0. The van der Waals surface area contributed by atoms with Gasteiger partial charge in [-0.15, -0.1) is 0 Å². The zero-order valence-electron chi connectivity index (χ0n) is 31.0. The van der Waals surface area contributed by atoms with Crippen molar-refractivity contribution in [2.24, 2.45) is 14.1 Å². The molecule has 0 bridgehead atoms. The minimum atomic E-state index is -0.0332. The number of benzene rings is 8. The van der Waals surface area contributed by atoms with Crippen molar-refractivity contribution in [1.82, 2.24) is 19.1 Å². The van der Waals surface area contributed by atoms with Crippen LogP contribution in [0.2, 0.25) is 0 Å². The number of rotatable bonds is 6. The Morgan fingerprint density at radius 1 is 0.375 bits per heavy atom. The lowest BCUT2D eigenvalue weighted by atomic mass is 9.85. The van der Waals surface area contributed by atoms with Crippen LogP contribution in [-0.2, 0) is 14.1 Å². The molecule has 10 rings (SSSR count). The Morgan fingerprint density at radius 2 is 0.857 bits per heavy atom. The van der Waals surface area contributed by atoms with Crippen LogP contribution in [0.15, 0.2) is 187 Å². The van der Waals surface area contributed by atoms with Crippen molar-refractivity contribution in [1.29, 1.82) is 0 Å². The van der Waals surface area contributed by atoms with Gasteiger partial charge in [0.15, 0.2) is 5.82 Å². The zero-order chi connectivity index (χ0) is 37.8. The molecule has 0 amide bonds. The van der Waals surface area contributed by atoms with Gasteiger partial charge in [-0.05, 0) is 79.2 Å². The molecule has 5 heteroatoms. The Balaban J connectivity index is 1.18. The molecule has 0 radical (unpaired) electrons. The zero-order valence-corrected chi connectivity index (χ0v) is 31.0. The van der Waals surface area contributed by atoms with Gasteiger partial charge in [0.2, 0.25) is 0 Å². The van der Waals surface area contributed by atoms with Crippen molar-refractivity contribution in [3.63, 3.8) is 0 Å². The van der Waals surface area contributed by atoms with Crippen LogP contribution < -0.4 is 5.69 Å². The second-order valence-electron chi connectivity index (χ2n) is 14.3. The van der Waals surface area contributed by atoms with Gasteiger partial charge in [-0.2, -0.15) is 0 Å². The van der Waals surface area contributed by atoms with E-state index in [9.17, 15) is 4.79 Å². The number of fused-ring (bicyclic) bond motifs is 3. The van der Waals surface area contributed by atoms with Crippen LogP contribution in [0.1, 0.15) is 0 Å². The first-order valence-electron chi connectivity index (χ1n) is 18.8. The number of aromatic nitrogens is 4. The topological polar surface area (TPSA) is 52.7 Å². The van der Waals surface area contributed by atoms with E-state index in [2.05, 4.69) is 158 Å². The lowest BCUT2D eigenvalue weighted by Crippen LogP contribution is -2.19. The molecule has 0 aliphatic heterocycles. The first-order valence-corrected chi connectivity index (χ1v) is 18.8. The molecule has 0 saturated heterocycles. The highest BCUT2D eigenvalue weighted by atomic mass is 16.1. The molecule has 8 aromatic carbocycles. The van der Waals surface area contributed by atoms with E-state index in [1.54, 1.807) is 9.13 Å². The molecular weight excluding hydrogens is 685 g/mol. The van der Waals surface area contributed by atoms with E-state index < -0.39 is 0 Å². The van der Waals surface area contributed by atoms with Gasteiger partial charge in [0.1, 0.15) is 0 Å². The van der Waals surface area contributed by atoms with Crippen molar-refractivity contribution in [3.8, 4) is 67.3 Å². The SMILES string of the molecule is Cn1c(=O)n(C)c2cc(-c3c4ccccc4c(-c4cccc(-c5cc(-c6ccccc6-c6ccccc6)nc(-c6ccccc6)n5)c4)c4ccccc34)ccc21. The molecular formula is C51H36N4O. The standard InChI is InChI=1S/C51H36N4O/c1-54-46-29-28-37(31-47(46)55(2)51(54)56)49-42-26-13-11-24-40(42)48(41-25-12-14-27-43(41)49)36-21-15-20-35(30-36)44-32-45(53-50(52-44)34-18-7-4-8-19-34)39-23-10-9-22-38(39)33-16-5-3-6-17-33/h3-32H,1-2H3. The molecule has 56 heavy (non-hydrogen) atoms. The highest BCUT2D eigenvalue weighted by Crippen LogP contribution is 2.45. The van der Waals surface area contributed by atoms with Crippen LogP contribution in [0.3, 0.4) is 0 Å². The van der Waals surface area contributed by atoms with Crippen LogP contribution in [0, 0.1) is 0 Å². The summed E-state index contributed by atoms with van der Waals surface area (Å²) in [4.78, 5) is 23.3. The molecule has 0 spiro atoms. The summed E-state index contributed by atoms with van der Waals surface area (Å²) in [5.41, 5.74) is 13.3. The number of hydrogen-bond donors (Lipinski definition) is 0. The van der Waals surface area contributed by atoms with Crippen LogP contribution in [0.4, 0.5) is 0 Å². The largest absolute Gasteiger partial charge is 0.328 e. The Hall–Kier alpha value is -7.37. The van der Waals surface area contributed by atoms with Crippen molar-refractivity contribution in [3.05, 3.63) is 192 Å². The van der Waals surface area contributed by atoms with Crippen molar-refractivity contribution in [2.75, 3.05) is 0 Å². The first kappa shape index (κ1) is 33.2. The van der Waals surface area contributed by atoms with E-state index in [0.29, 0.717) is 5.82 Å². The van der Waals surface area contributed by atoms with Crippen LogP contribution in [0.5, 0.6) is 0 Å². The van der Waals surface area contributed by atoms with Gasteiger partial charge in [-0.3, -0.25) is 9.13 Å². The quantitative estimate of drug-likeness (QED) is 0.161. The van der Waals surface area contributed by atoms with Gasteiger partial charge in [0, 0.05) is 30.8 Å². The fourth-order valence-electron chi connectivity index (χ4n) is 8.27. The van der Waals surface area contributed by atoms with Crippen LogP contribution >= 0.6 is 0 Å². The van der Waals surface area contributed by atoms with Crippen molar-refractivity contribution in [2.45, 2.75) is 0 Å². The molecule has 0 N–H and O–H groups in total. The Labute approximate surface area is 324 Å². The third-order valence-electron chi connectivity index (χ3n) is 11.0.